The summed E-state index contributed by atoms with van der Waals surface area (Å²) in [5, 5.41) is 0.691. The van der Waals surface area contributed by atoms with Crippen LogP contribution in [0.4, 0.5) is 5.69 Å². The Kier molecular flexibility index (Phi) is 3.91. The van der Waals surface area contributed by atoms with Gasteiger partial charge in [0, 0.05) is 15.2 Å². The van der Waals surface area contributed by atoms with Gasteiger partial charge in [-0.25, -0.2) is 0 Å². The Balaban J connectivity index is 2.00. The van der Waals surface area contributed by atoms with Crippen LogP contribution in [0.15, 0.2) is 51.9 Å². The fraction of sp³-hybridized carbons (Fsp3) is 0.188. The molecule has 1 unspecified atom stereocenters. The molecule has 3 nitrogen and oxygen atoms in total. The van der Waals surface area contributed by atoms with Gasteiger partial charge in [-0.1, -0.05) is 45.7 Å². The lowest BCUT2D eigenvalue weighted by Crippen LogP contribution is -2.36. The molecule has 2 aromatic rings. The molecular formula is C16H15BrClN3. The standard InChI is InChI=1S/C16H15BrClN3/c1-10-5-6-11(7-14(10)17)15-9-20-16(19)21(15)13-4-2-3-12(18)8-13/h2-8,15H,9H2,1H3,(H2,19,20). The number of guanidine groups is 1. The lowest BCUT2D eigenvalue weighted by molar-refractivity contribution is 0.768. The SMILES string of the molecule is Cc1ccc(C2CN=C(N)N2c2cccc(Cl)c2)cc1Br. The summed E-state index contributed by atoms with van der Waals surface area (Å²) < 4.78 is 1.09. The maximum absolute atomic E-state index is 6.10. The van der Waals surface area contributed by atoms with Crippen LogP contribution < -0.4 is 10.6 Å². The highest BCUT2D eigenvalue weighted by Crippen LogP contribution is 2.33. The van der Waals surface area contributed by atoms with Gasteiger partial charge in [-0.2, -0.15) is 0 Å². The normalized spacial score (nSPS) is 18.0. The van der Waals surface area contributed by atoms with Gasteiger partial charge in [0.2, 0.25) is 0 Å². The lowest BCUT2D eigenvalue weighted by atomic mass is 10.0. The molecule has 1 heterocycles. The van der Waals surface area contributed by atoms with Crippen LogP contribution >= 0.6 is 27.5 Å². The zero-order chi connectivity index (χ0) is 15.0. The van der Waals surface area contributed by atoms with Gasteiger partial charge in [0.15, 0.2) is 5.96 Å². The quantitative estimate of drug-likeness (QED) is 0.864. The van der Waals surface area contributed by atoms with E-state index < -0.39 is 0 Å². The molecule has 0 aliphatic carbocycles. The maximum atomic E-state index is 6.10. The summed E-state index contributed by atoms with van der Waals surface area (Å²) in [6.45, 7) is 2.72. The Morgan fingerprint density at radius 3 is 2.81 bits per heavy atom. The first-order valence-corrected chi connectivity index (χ1v) is 7.84. The van der Waals surface area contributed by atoms with Crippen LogP contribution in [0.5, 0.6) is 0 Å². The summed E-state index contributed by atoms with van der Waals surface area (Å²) in [6, 6.07) is 14.1. The van der Waals surface area contributed by atoms with Crippen molar-refractivity contribution in [3.8, 4) is 0 Å². The first kappa shape index (κ1) is 14.4. The van der Waals surface area contributed by atoms with E-state index in [1.165, 1.54) is 11.1 Å². The number of hydrogen-bond donors (Lipinski definition) is 1. The van der Waals surface area contributed by atoms with Crippen LogP contribution in [0.1, 0.15) is 17.2 Å². The highest BCUT2D eigenvalue weighted by atomic mass is 79.9. The molecule has 0 amide bonds. The number of anilines is 1. The summed E-state index contributed by atoms with van der Waals surface area (Å²) in [5.74, 6) is 0.527. The molecule has 0 radical (unpaired) electrons. The van der Waals surface area contributed by atoms with Crippen molar-refractivity contribution in [3.63, 3.8) is 0 Å². The smallest absolute Gasteiger partial charge is 0.196 e. The molecule has 21 heavy (non-hydrogen) atoms. The summed E-state index contributed by atoms with van der Waals surface area (Å²) in [7, 11) is 0. The van der Waals surface area contributed by atoms with Crippen LogP contribution in [0.2, 0.25) is 5.02 Å². The van der Waals surface area contributed by atoms with Gasteiger partial charge in [0.05, 0.1) is 12.6 Å². The van der Waals surface area contributed by atoms with Gasteiger partial charge in [-0.05, 0) is 42.3 Å². The van der Waals surface area contributed by atoms with Crippen molar-refractivity contribution in [2.45, 2.75) is 13.0 Å². The molecule has 5 heteroatoms. The van der Waals surface area contributed by atoms with Gasteiger partial charge in [0.1, 0.15) is 0 Å². The number of benzene rings is 2. The van der Waals surface area contributed by atoms with E-state index >= 15 is 0 Å². The van der Waals surface area contributed by atoms with Crippen molar-refractivity contribution < 1.29 is 0 Å². The van der Waals surface area contributed by atoms with Crippen molar-refractivity contribution in [1.82, 2.24) is 0 Å². The Morgan fingerprint density at radius 2 is 2.10 bits per heavy atom. The number of halogens is 2. The summed E-state index contributed by atoms with van der Waals surface area (Å²) in [5.41, 5.74) is 9.42. The number of nitrogens with zero attached hydrogens (tertiary/aromatic N) is 2. The summed E-state index contributed by atoms with van der Waals surface area (Å²) in [4.78, 5) is 6.43. The molecule has 0 bridgehead atoms. The molecule has 0 saturated carbocycles. The van der Waals surface area contributed by atoms with Crippen molar-refractivity contribution in [1.29, 1.82) is 0 Å². The topological polar surface area (TPSA) is 41.6 Å². The molecule has 1 atom stereocenters. The summed E-state index contributed by atoms with van der Waals surface area (Å²) >= 11 is 9.68. The number of aryl methyl sites for hydroxylation is 1. The van der Waals surface area contributed by atoms with Gasteiger partial charge < -0.3 is 10.6 Å². The Hall–Kier alpha value is -1.52. The van der Waals surface area contributed by atoms with E-state index in [-0.39, 0.29) is 6.04 Å². The van der Waals surface area contributed by atoms with E-state index in [2.05, 4.69) is 46.0 Å². The van der Waals surface area contributed by atoms with E-state index in [4.69, 9.17) is 17.3 Å². The monoisotopic (exact) mass is 363 g/mol. The van der Waals surface area contributed by atoms with Gasteiger partial charge >= 0.3 is 0 Å². The molecule has 1 aliphatic heterocycles. The second-order valence-corrected chi connectivity index (χ2v) is 6.36. The van der Waals surface area contributed by atoms with Crippen LogP contribution in [-0.4, -0.2) is 12.5 Å². The van der Waals surface area contributed by atoms with Crippen molar-refractivity contribution in [2.75, 3.05) is 11.4 Å². The highest BCUT2D eigenvalue weighted by Gasteiger charge is 2.29. The third-order valence-corrected chi connectivity index (χ3v) is 4.74. The van der Waals surface area contributed by atoms with E-state index in [1.54, 1.807) is 0 Å². The van der Waals surface area contributed by atoms with Crippen LogP contribution in [-0.2, 0) is 0 Å². The average Bonchev–Trinajstić information content (AvgIpc) is 2.84. The molecule has 2 N–H and O–H groups in total. The largest absolute Gasteiger partial charge is 0.369 e. The fourth-order valence-corrected chi connectivity index (χ4v) is 3.09. The number of rotatable bonds is 2. The first-order valence-electron chi connectivity index (χ1n) is 6.67. The van der Waals surface area contributed by atoms with Crippen molar-refractivity contribution >= 4 is 39.2 Å². The minimum absolute atomic E-state index is 0.0976. The number of aliphatic imine (C=N–C) groups is 1. The van der Waals surface area contributed by atoms with Gasteiger partial charge in [-0.15, -0.1) is 0 Å². The Bertz CT molecular complexity index is 714. The zero-order valence-electron chi connectivity index (χ0n) is 11.6. The van der Waals surface area contributed by atoms with E-state index in [0.29, 0.717) is 17.5 Å². The van der Waals surface area contributed by atoms with Crippen LogP contribution in [0, 0.1) is 6.92 Å². The fourth-order valence-electron chi connectivity index (χ4n) is 2.51. The number of hydrogen-bond acceptors (Lipinski definition) is 3. The third-order valence-electron chi connectivity index (χ3n) is 3.65. The Morgan fingerprint density at radius 1 is 1.29 bits per heavy atom. The molecule has 3 rings (SSSR count). The highest BCUT2D eigenvalue weighted by molar-refractivity contribution is 9.10. The summed E-state index contributed by atoms with van der Waals surface area (Å²) in [6.07, 6.45) is 0. The zero-order valence-corrected chi connectivity index (χ0v) is 13.9. The van der Waals surface area contributed by atoms with Gasteiger partial charge in [0.25, 0.3) is 0 Å². The molecular weight excluding hydrogens is 350 g/mol. The van der Waals surface area contributed by atoms with Crippen LogP contribution in [0.25, 0.3) is 0 Å². The van der Waals surface area contributed by atoms with E-state index in [1.807, 2.05) is 29.2 Å². The predicted octanol–water partition coefficient (Wildman–Crippen LogP) is 4.29. The van der Waals surface area contributed by atoms with Crippen molar-refractivity contribution in [3.05, 3.63) is 63.1 Å². The Labute approximate surface area is 137 Å². The van der Waals surface area contributed by atoms with Crippen LogP contribution in [0.3, 0.4) is 0 Å². The second-order valence-electron chi connectivity index (χ2n) is 5.07. The third kappa shape index (κ3) is 2.78. The molecule has 0 fully saturated rings. The molecule has 108 valence electrons. The van der Waals surface area contributed by atoms with E-state index in [0.717, 1.165) is 10.2 Å². The lowest BCUT2D eigenvalue weighted by Gasteiger charge is -2.27. The molecule has 0 spiro atoms. The minimum atomic E-state index is 0.0976. The maximum Gasteiger partial charge on any atom is 0.196 e. The molecule has 2 aromatic carbocycles. The average molecular weight is 365 g/mol. The van der Waals surface area contributed by atoms with E-state index in [9.17, 15) is 0 Å². The van der Waals surface area contributed by atoms with Crippen molar-refractivity contribution in [2.24, 2.45) is 10.7 Å². The minimum Gasteiger partial charge on any atom is -0.369 e. The second kappa shape index (κ2) is 5.70. The number of nitrogens with two attached hydrogens (primary N) is 1. The molecule has 0 aromatic heterocycles. The predicted molar refractivity (Wildman–Crippen MR) is 92.0 cm³/mol. The molecule has 0 saturated heterocycles. The first-order chi connectivity index (χ1) is 10.1. The molecule has 1 aliphatic rings. The van der Waals surface area contributed by atoms with Gasteiger partial charge in [-0.3, -0.25) is 4.99 Å².